The van der Waals surface area contributed by atoms with Crippen LogP contribution in [0, 0.1) is 0 Å². The molecule has 1 aliphatic heterocycles. The molecule has 0 aliphatic carbocycles. The van der Waals surface area contributed by atoms with Crippen molar-refractivity contribution in [2.24, 2.45) is 0 Å². The Morgan fingerprint density at radius 3 is 2.00 bits per heavy atom. The molecule has 3 rings (SSSR count). The van der Waals surface area contributed by atoms with Gasteiger partial charge in [0.05, 0.1) is 13.2 Å². The molecule has 0 bridgehead atoms. The van der Waals surface area contributed by atoms with Gasteiger partial charge in [0.2, 0.25) is 0 Å². The highest BCUT2D eigenvalue weighted by Crippen LogP contribution is 2.38. The summed E-state index contributed by atoms with van der Waals surface area (Å²) in [4.78, 5) is 12.0. The molecule has 0 aromatic heterocycles. The Kier molecular flexibility index (Phi) is 3.96. The van der Waals surface area contributed by atoms with Crippen molar-refractivity contribution >= 4 is 5.97 Å². The monoisotopic (exact) mass is 297 g/mol. The maximum Gasteiger partial charge on any atom is 0.325 e. The fourth-order valence-electron chi connectivity index (χ4n) is 2.91. The van der Waals surface area contributed by atoms with Gasteiger partial charge in [0.1, 0.15) is 6.04 Å². The first-order chi connectivity index (χ1) is 10.7. The molecule has 2 aromatic carbocycles. The minimum absolute atomic E-state index is 0.298. The van der Waals surface area contributed by atoms with E-state index in [1.54, 1.807) is 0 Å². The third kappa shape index (κ3) is 2.40. The van der Waals surface area contributed by atoms with E-state index in [0.29, 0.717) is 0 Å². The molecule has 1 N–H and O–H groups in total. The summed E-state index contributed by atoms with van der Waals surface area (Å²) in [5.41, 5.74) is 1.07. The molecule has 1 fully saturated rings. The van der Waals surface area contributed by atoms with Crippen molar-refractivity contribution in [2.75, 3.05) is 7.11 Å². The first-order valence-electron chi connectivity index (χ1n) is 7.32. The number of ether oxygens (including phenoxy) is 2. The van der Waals surface area contributed by atoms with E-state index >= 15 is 0 Å². The minimum atomic E-state index is -0.846. The lowest BCUT2D eigenvalue weighted by Gasteiger charge is -2.30. The molecule has 0 spiro atoms. The summed E-state index contributed by atoms with van der Waals surface area (Å²) in [6, 6.07) is 19.2. The number of esters is 1. The third-order valence-electron chi connectivity index (χ3n) is 4.01. The zero-order valence-electron chi connectivity index (χ0n) is 12.7. The highest BCUT2D eigenvalue weighted by molar-refractivity contribution is 5.77. The van der Waals surface area contributed by atoms with Crippen molar-refractivity contribution in [3.05, 3.63) is 71.8 Å². The standard InChI is InChI=1S/C18H19NO3/c1-13-16(17(20)21-2)19-18(22-13,14-9-5-3-6-10-14)15-11-7-4-8-12-15/h3-13,16,19H,1-2H3/t13-,16+/m1/s1. The Hall–Kier alpha value is -2.17. The van der Waals surface area contributed by atoms with E-state index in [9.17, 15) is 4.79 Å². The molecule has 22 heavy (non-hydrogen) atoms. The number of nitrogens with one attached hydrogen (secondary N) is 1. The second-order valence-corrected chi connectivity index (χ2v) is 5.38. The Balaban J connectivity index is 2.09. The van der Waals surface area contributed by atoms with Crippen molar-refractivity contribution < 1.29 is 14.3 Å². The predicted molar refractivity (Wildman–Crippen MR) is 83.2 cm³/mol. The van der Waals surface area contributed by atoms with Gasteiger partial charge in [-0.05, 0) is 6.92 Å². The molecule has 0 radical (unpaired) electrons. The lowest BCUT2D eigenvalue weighted by atomic mass is 9.94. The maximum atomic E-state index is 12.0. The second kappa shape index (κ2) is 5.91. The number of benzene rings is 2. The van der Waals surface area contributed by atoms with Crippen LogP contribution >= 0.6 is 0 Å². The molecule has 4 heteroatoms. The van der Waals surface area contributed by atoms with Crippen LogP contribution in [0.5, 0.6) is 0 Å². The molecule has 0 saturated carbocycles. The number of hydrogen-bond acceptors (Lipinski definition) is 4. The van der Waals surface area contributed by atoms with Crippen LogP contribution in [0.15, 0.2) is 60.7 Å². The van der Waals surface area contributed by atoms with Gasteiger partial charge in [0.25, 0.3) is 0 Å². The number of carbonyl (C=O) groups is 1. The van der Waals surface area contributed by atoms with Gasteiger partial charge in [-0.3, -0.25) is 10.1 Å². The SMILES string of the molecule is COC(=O)[C@H]1NC(c2ccccc2)(c2ccccc2)O[C@@H]1C. The van der Waals surface area contributed by atoms with Crippen LogP contribution in [0.4, 0.5) is 0 Å². The van der Waals surface area contributed by atoms with Gasteiger partial charge in [0.15, 0.2) is 5.72 Å². The fraction of sp³-hybridized carbons (Fsp3) is 0.278. The largest absolute Gasteiger partial charge is 0.468 e. The molecular weight excluding hydrogens is 278 g/mol. The fourth-order valence-corrected chi connectivity index (χ4v) is 2.91. The third-order valence-corrected chi connectivity index (χ3v) is 4.01. The normalized spacial score (nSPS) is 23.2. The van der Waals surface area contributed by atoms with Gasteiger partial charge in [0, 0.05) is 11.1 Å². The molecule has 1 heterocycles. The van der Waals surface area contributed by atoms with Crippen LogP contribution in [0.2, 0.25) is 0 Å². The number of hydrogen-bond donors (Lipinski definition) is 1. The topological polar surface area (TPSA) is 47.6 Å². The lowest BCUT2D eigenvalue weighted by Crippen LogP contribution is -2.46. The summed E-state index contributed by atoms with van der Waals surface area (Å²) < 4.78 is 11.1. The molecule has 2 atom stereocenters. The van der Waals surface area contributed by atoms with Crippen LogP contribution in [-0.4, -0.2) is 25.2 Å². The lowest BCUT2D eigenvalue weighted by molar-refractivity contribution is -0.143. The summed E-state index contributed by atoms with van der Waals surface area (Å²) in [6.45, 7) is 1.88. The second-order valence-electron chi connectivity index (χ2n) is 5.38. The molecule has 1 aliphatic rings. The van der Waals surface area contributed by atoms with E-state index in [1.165, 1.54) is 7.11 Å². The van der Waals surface area contributed by atoms with Gasteiger partial charge >= 0.3 is 5.97 Å². The summed E-state index contributed by atoms with van der Waals surface area (Å²) in [5, 5.41) is 3.34. The molecule has 4 nitrogen and oxygen atoms in total. The Bertz CT molecular complexity index is 602. The van der Waals surface area contributed by atoms with Crippen molar-refractivity contribution in [3.63, 3.8) is 0 Å². The summed E-state index contributed by atoms with van der Waals surface area (Å²) in [6.07, 6.45) is -0.298. The molecular formula is C18H19NO3. The molecule has 2 aromatic rings. The van der Waals surface area contributed by atoms with Gasteiger partial charge in [-0.2, -0.15) is 0 Å². The number of methoxy groups -OCH3 is 1. The Morgan fingerprint density at radius 1 is 1.05 bits per heavy atom. The zero-order valence-corrected chi connectivity index (χ0v) is 12.7. The predicted octanol–water partition coefficient (Wildman–Crippen LogP) is 2.44. The maximum absolute atomic E-state index is 12.0. The Labute approximate surface area is 130 Å². The first kappa shape index (κ1) is 14.8. The van der Waals surface area contributed by atoms with Crippen LogP contribution in [0.25, 0.3) is 0 Å². The van der Waals surface area contributed by atoms with E-state index in [-0.39, 0.29) is 12.1 Å². The van der Waals surface area contributed by atoms with E-state index in [0.717, 1.165) is 11.1 Å². The molecule has 1 saturated heterocycles. The van der Waals surface area contributed by atoms with Crippen molar-refractivity contribution in [1.82, 2.24) is 5.32 Å². The summed E-state index contributed by atoms with van der Waals surface area (Å²) >= 11 is 0. The average molecular weight is 297 g/mol. The van der Waals surface area contributed by atoms with Crippen LogP contribution in [0.3, 0.4) is 0 Å². The molecule has 0 unspecified atom stereocenters. The number of carbonyl (C=O) groups excluding carboxylic acids is 1. The van der Waals surface area contributed by atoms with Gasteiger partial charge in [-0.1, -0.05) is 60.7 Å². The van der Waals surface area contributed by atoms with E-state index < -0.39 is 11.8 Å². The van der Waals surface area contributed by atoms with Gasteiger partial charge < -0.3 is 9.47 Å². The Morgan fingerprint density at radius 2 is 1.55 bits per heavy atom. The smallest absolute Gasteiger partial charge is 0.325 e. The van der Waals surface area contributed by atoms with Crippen LogP contribution in [0.1, 0.15) is 18.1 Å². The quantitative estimate of drug-likeness (QED) is 0.884. The highest BCUT2D eigenvalue weighted by atomic mass is 16.6. The van der Waals surface area contributed by atoms with Crippen molar-refractivity contribution in [3.8, 4) is 0 Å². The minimum Gasteiger partial charge on any atom is -0.468 e. The van der Waals surface area contributed by atoms with Crippen molar-refractivity contribution in [2.45, 2.75) is 24.8 Å². The van der Waals surface area contributed by atoms with E-state index in [4.69, 9.17) is 9.47 Å². The van der Waals surface area contributed by atoms with Crippen LogP contribution < -0.4 is 5.32 Å². The van der Waals surface area contributed by atoms with E-state index in [1.807, 2.05) is 67.6 Å². The summed E-state index contributed by atoms with van der Waals surface area (Å²) in [7, 11) is 1.39. The van der Waals surface area contributed by atoms with Gasteiger partial charge in [-0.15, -0.1) is 0 Å². The van der Waals surface area contributed by atoms with Crippen LogP contribution in [-0.2, 0) is 20.0 Å². The number of rotatable bonds is 3. The zero-order chi connectivity index (χ0) is 15.6. The molecule has 0 amide bonds. The highest BCUT2D eigenvalue weighted by Gasteiger charge is 2.49. The molecule has 114 valence electrons. The van der Waals surface area contributed by atoms with Crippen molar-refractivity contribution in [1.29, 1.82) is 0 Å². The average Bonchev–Trinajstić information content (AvgIpc) is 2.94. The first-order valence-corrected chi connectivity index (χ1v) is 7.32. The van der Waals surface area contributed by atoms with E-state index in [2.05, 4.69) is 5.32 Å². The summed E-state index contributed by atoms with van der Waals surface area (Å²) in [5.74, 6) is -0.318. The van der Waals surface area contributed by atoms with Gasteiger partial charge in [-0.25, -0.2) is 0 Å².